The van der Waals surface area contributed by atoms with Crippen LogP contribution < -0.4 is 16.8 Å². The zero-order valence-corrected chi connectivity index (χ0v) is 10.5. The number of hydrogen-bond donors (Lipinski definition) is 3. The number of nitrogens with one attached hydrogen (secondary N) is 1. The Hall–Kier alpha value is -1.10. The van der Waals surface area contributed by atoms with Gasteiger partial charge in [-0.05, 0) is 18.3 Å². The molecule has 94 valence electrons. The van der Waals surface area contributed by atoms with E-state index in [0.717, 1.165) is 0 Å². The van der Waals surface area contributed by atoms with Gasteiger partial charge in [0.05, 0.1) is 6.04 Å². The van der Waals surface area contributed by atoms with Crippen LogP contribution in [0.1, 0.15) is 34.1 Å². The summed E-state index contributed by atoms with van der Waals surface area (Å²) in [5.74, 6) is -0.516. The molecule has 5 N–H and O–H groups in total. The van der Waals surface area contributed by atoms with Gasteiger partial charge in [0.2, 0.25) is 11.8 Å². The average molecular weight is 229 g/mol. The highest BCUT2D eigenvalue weighted by molar-refractivity contribution is 5.88. The molecular weight excluding hydrogens is 206 g/mol. The van der Waals surface area contributed by atoms with Crippen molar-refractivity contribution in [2.24, 2.45) is 23.3 Å². The summed E-state index contributed by atoms with van der Waals surface area (Å²) in [6.07, 6.45) is 0.534. The van der Waals surface area contributed by atoms with Crippen LogP contribution in [0.2, 0.25) is 0 Å². The number of carbonyl (C=O) groups is 2. The highest BCUT2D eigenvalue weighted by atomic mass is 16.2. The van der Waals surface area contributed by atoms with Crippen molar-refractivity contribution in [1.82, 2.24) is 5.32 Å². The van der Waals surface area contributed by atoms with Crippen molar-refractivity contribution >= 4 is 11.8 Å². The maximum atomic E-state index is 11.6. The summed E-state index contributed by atoms with van der Waals surface area (Å²) in [7, 11) is 0. The van der Waals surface area contributed by atoms with Crippen LogP contribution >= 0.6 is 0 Å². The third-order valence-corrected chi connectivity index (χ3v) is 2.39. The lowest BCUT2D eigenvalue weighted by Crippen LogP contribution is -2.52. The predicted octanol–water partition coefficient (Wildman–Crippen LogP) is -0.0141. The fourth-order valence-corrected chi connectivity index (χ4v) is 1.29. The van der Waals surface area contributed by atoms with Crippen LogP contribution in [-0.4, -0.2) is 23.9 Å². The maximum absolute atomic E-state index is 11.6. The molecule has 5 heteroatoms. The fourth-order valence-electron chi connectivity index (χ4n) is 1.29. The molecule has 0 aliphatic carbocycles. The molecule has 0 bridgehead atoms. The summed E-state index contributed by atoms with van der Waals surface area (Å²) in [4.78, 5) is 22.8. The van der Waals surface area contributed by atoms with Crippen molar-refractivity contribution in [1.29, 1.82) is 0 Å². The molecule has 0 radical (unpaired) electrons. The van der Waals surface area contributed by atoms with Gasteiger partial charge in [-0.1, -0.05) is 27.7 Å². The molecule has 0 heterocycles. The molecule has 0 aromatic carbocycles. The number of carbonyl (C=O) groups excluding carboxylic acids is 2. The second-order valence-corrected chi connectivity index (χ2v) is 4.86. The van der Waals surface area contributed by atoms with E-state index in [2.05, 4.69) is 5.32 Å². The minimum absolute atomic E-state index is 0.0348. The number of amides is 2. The summed E-state index contributed by atoms with van der Waals surface area (Å²) < 4.78 is 0. The lowest BCUT2D eigenvalue weighted by molar-refractivity contribution is -0.129. The van der Waals surface area contributed by atoms with Gasteiger partial charge in [-0.15, -0.1) is 0 Å². The molecule has 2 unspecified atom stereocenters. The van der Waals surface area contributed by atoms with E-state index in [-0.39, 0.29) is 17.7 Å². The molecule has 0 aliphatic heterocycles. The fraction of sp³-hybridized carbons (Fsp3) is 0.818. The first-order valence-electron chi connectivity index (χ1n) is 5.61. The van der Waals surface area contributed by atoms with Crippen molar-refractivity contribution in [2.45, 2.75) is 46.2 Å². The van der Waals surface area contributed by atoms with Crippen molar-refractivity contribution in [3.05, 3.63) is 0 Å². The third-order valence-electron chi connectivity index (χ3n) is 2.39. The van der Waals surface area contributed by atoms with Gasteiger partial charge in [0.1, 0.15) is 6.04 Å². The molecule has 0 aliphatic rings. The van der Waals surface area contributed by atoms with Crippen LogP contribution in [-0.2, 0) is 9.59 Å². The molecule has 0 fully saturated rings. The molecule has 0 rings (SSSR count). The van der Waals surface area contributed by atoms with Gasteiger partial charge in [-0.3, -0.25) is 9.59 Å². The van der Waals surface area contributed by atoms with Crippen LogP contribution in [0.15, 0.2) is 0 Å². The number of primary amides is 1. The first-order valence-corrected chi connectivity index (χ1v) is 5.61. The van der Waals surface area contributed by atoms with Gasteiger partial charge < -0.3 is 16.8 Å². The standard InChI is InChI=1S/C11H23N3O2/c1-6(2)5-8(10(13)15)14-11(16)9(12)7(3)4/h6-9H,5,12H2,1-4H3,(H2,13,15)(H,14,16). The molecule has 0 aromatic rings. The van der Waals surface area contributed by atoms with Crippen molar-refractivity contribution in [3.8, 4) is 0 Å². The summed E-state index contributed by atoms with van der Waals surface area (Å²) >= 11 is 0. The molecule has 0 spiro atoms. The minimum atomic E-state index is -0.628. The van der Waals surface area contributed by atoms with Gasteiger partial charge in [0.25, 0.3) is 0 Å². The summed E-state index contributed by atoms with van der Waals surface area (Å²) in [5.41, 5.74) is 10.9. The van der Waals surface area contributed by atoms with Crippen LogP contribution in [0.25, 0.3) is 0 Å². The SMILES string of the molecule is CC(C)CC(NC(=O)C(N)C(C)C)C(N)=O. The largest absolute Gasteiger partial charge is 0.368 e. The van der Waals surface area contributed by atoms with Crippen molar-refractivity contribution < 1.29 is 9.59 Å². The molecule has 16 heavy (non-hydrogen) atoms. The third kappa shape index (κ3) is 5.11. The summed E-state index contributed by atoms with van der Waals surface area (Å²) in [6.45, 7) is 7.63. The van der Waals surface area contributed by atoms with E-state index in [1.807, 2.05) is 27.7 Å². The van der Waals surface area contributed by atoms with Crippen molar-refractivity contribution in [3.63, 3.8) is 0 Å². The second kappa shape index (κ2) is 6.48. The Kier molecular flexibility index (Phi) is 6.03. The van der Waals surface area contributed by atoms with Crippen LogP contribution in [0.5, 0.6) is 0 Å². The van der Waals surface area contributed by atoms with Gasteiger partial charge in [-0.25, -0.2) is 0 Å². The lowest BCUT2D eigenvalue weighted by Gasteiger charge is -2.21. The van der Waals surface area contributed by atoms with Crippen LogP contribution in [0, 0.1) is 11.8 Å². The van der Waals surface area contributed by atoms with E-state index >= 15 is 0 Å². The molecule has 0 aromatic heterocycles. The average Bonchev–Trinajstić information content (AvgIpc) is 2.14. The Bertz CT molecular complexity index is 252. The quantitative estimate of drug-likeness (QED) is 0.597. The zero-order chi connectivity index (χ0) is 12.9. The van der Waals surface area contributed by atoms with Crippen LogP contribution in [0.3, 0.4) is 0 Å². The van der Waals surface area contributed by atoms with Gasteiger partial charge >= 0.3 is 0 Å². The molecule has 0 saturated carbocycles. The highest BCUT2D eigenvalue weighted by Gasteiger charge is 2.24. The van der Waals surface area contributed by atoms with Gasteiger partial charge in [-0.2, -0.15) is 0 Å². The summed E-state index contributed by atoms with van der Waals surface area (Å²) in [5, 5.41) is 2.59. The Morgan fingerprint density at radius 2 is 1.69 bits per heavy atom. The van der Waals surface area contributed by atoms with E-state index in [0.29, 0.717) is 6.42 Å². The Balaban J connectivity index is 4.40. The van der Waals surface area contributed by atoms with Gasteiger partial charge in [0, 0.05) is 0 Å². The zero-order valence-electron chi connectivity index (χ0n) is 10.5. The smallest absolute Gasteiger partial charge is 0.240 e. The first-order chi connectivity index (χ1) is 7.25. The first kappa shape index (κ1) is 14.9. The second-order valence-electron chi connectivity index (χ2n) is 4.86. The lowest BCUT2D eigenvalue weighted by atomic mass is 10.0. The van der Waals surface area contributed by atoms with E-state index < -0.39 is 18.0 Å². The molecule has 5 nitrogen and oxygen atoms in total. The molecule has 2 atom stereocenters. The highest BCUT2D eigenvalue weighted by Crippen LogP contribution is 2.05. The maximum Gasteiger partial charge on any atom is 0.240 e. The molecular formula is C11H23N3O2. The topological polar surface area (TPSA) is 98.2 Å². The molecule has 0 saturated heterocycles. The predicted molar refractivity (Wildman–Crippen MR) is 63.4 cm³/mol. The van der Waals surface area contributed by atoms with Crippen molar-refractivity contribution in [2.75, 3.05) is 0 Å². The van der Waals surface area contributed by atoms with E-state index in [1.165, 1.54) is 0 Å². The Labute approximate surface area is 96.9 Å². The number of hydrogen-bond acceptors (Lipinski definition) is 3. The van der Waals surface area contributed by atoms with E-state index in [9.17, 15) is 9.59 Å². The minimum Gasteiger partial charge on any atom is -0.368 e. The van der Waals surface area contributed by atoms with Gasteiger partial charge in [0.15, 0.2) is 0 Å². The molecule has 2 amide bonds. The number of nitrogens with two attached hydrogens (primary N) is 2. The monoisotopic (exact) mass is 229 g/mol. The van der Waals surface area contributed by atoms with E-state index in [1.54, 1.807) is 0 Å². The number of rotatable bonds is 6. The summed E-state index contributed by atoms with van der Waals surface area (Å²) in [6, 6.07) is -1.23. The van der Waals surface area contributed by atoms with Crippen LogP contribution in [0.4, 0.5) is 0 Å². The normalized spacial score (nSPS) is 14.9. The Morgan fingerprint density at radius 3 is 2.00 bits per heavy atom. The Morgan fingerprint density at radius 1 is 1.19 bits per heavy atom. The van der Waals surface area contributed by atoms with E-state index in [4.69, 9.17) is 11.5 Å².